The van der Waals surface area contributed by atoms with Gasteiger partial charge in [-0.2, -0.15) is 0 Å². The molecule has 0 aliphatic carbocycles. The number of likely N-dealkylation sites (tertiary alicyclic amines) is 1. The van der Waals surface area contributed by atoms with Gasteiger partial charge in [-0.3, -0.25) is 9.59 Å². The molecule has 2 heterocycles. The summed E-state index contributed by atoms with van der Waals surface area (Å²) in [5, 5.41) is 2.91. The minimum absolute atomic E-state index is 0.154. The Morgan fingerprint density at radius 3 is 2.39 bits per heavy atom. The molecular weight excluding hydrogens is 414 g/mol. The van der Waals surface area contributed by atoms with Gasteiger partial charge in [-0.25, -0.2) is 4.98 Å². The zero-order valence-electron chi connectivity index (χ0n) is 18.4. The molecule has 2 aromatic carbocycles. The lowest BCUT2D eigenvalue weighted by Gasteiger charge is -2.31. The summed E-state index contributed by atoms with van der Waals surface area (Å²) >= 11 is 0. The molecule has 1 fully saturated rings. The number of nitrogens with one attached hydrogen (secondary N) is 2. The van der Waals surface area contributed by atoms with E-state index in [2.05, 4.69) is 15.3 Å². The van der Waals surface area contributed by atoms with E-state index in [9.17, 15) is 9.59 Å². The van der Waals surface area contributed by atoms with Crippen molar-refractivity contribution in [1.82, 2.24) is 20.2 Å². The molecule has 7 nitrogen and oxygen atoms in total. The average Bonchev–Trinajstić information content (AvgIpc) is 3.55. The molecular formula is C26H29N5O2. The first-order valence-corrected chi connectivity index (χ1v) is 11.2. The molecule has 0 unspecified atom stereocenters. The number of imidazole rings is 1. The van der Waals surface area contributed by atoms with Crippen LogP contribution in [0, 0.1) is 0 Å². The van der Waals surface area contributed by atoms with Crippen LogP contribution < -0.4 is 11.1 Å². The number of carbonyl (C=O) groups excluding carboxylic acids is 2. The number of nitrogens with zero attached hydrogens (tertiary/aromatic N) is 2. The number of benzene rings is 2. The Balaban J connectivity index is 1.46. The fourth-order valence-corrected chi connectivity index (χ4v) is 4.39. The monoisotopic (exact) mass is 443 g/mol. The van der Waals surface area contributed by atoms with E-state index in [1.54, 1.807) is 17.4 Å². The van der Waals surface area contributed by atoms with Crippen LogP contribution in [0.5, 0.6) is 0 Å². The Labute approximate surface area is 193 Å². The predicted molar refractivity (Wildman–Crippen MR) is 128 cm³/mol. The topological polar surface area (TPSA) is 104 Å². The van der Waals surface area contributed by atoms with Crippen LogP contribution >= 0.6 is 0 Å². The maximum Gasteiger partial charge on any atom is 0.243 e. The normalized spacial score (nSPS) is 16.9. The Morgan fingerprint density at radius 2 is 1.79 bits per heavy atom. The second-order valence-electron chi connectivity index (χ2n) is 8.17. The number of rotatable bonds is 8. The highest BCUT2D eigenvalue weighted by molar-refractivity contribution is 5.91. The molecule has 1 aromatic heterocycles. The fourth-order valence-electron chi connectivity index (χ4n) is 4.39. The number of nitrogens with two attached hydrogens (primary N) is 1. The third kappa shape index (κ3) is 5.38. The minimum Gasteiger partial charge on any atom is -0.351 e. The van der Waals surface area contributed by atoms with Gasteiger partial charge in [0.05, 0.1) is 24.3 Å². The molecule has 0 saturated carbocycles. The molecule has 2 atom stereocenters. The minimum atomic E-state index is -0.788. The summed E-state index contributed by atoms with van der Waals surface area (Å²) in [6, 6.07) is 18.4. The van der Waals surface area contributed by atoms with Gasteiger partial charge in [-0.15, -0.1) is 0 Å². The van der Waals surface area contributed by atoms with Crippen LogP contribution in [-0.4, -0.2) is 51.9 Å². The molecule has 1 saturated heterocycles. The van der Waals surface area contributed by atoms with Gasteiger partial charge in [-0.05, 0) is 30.0 Å². The maximum absolute atomic E-state index is 13.5. The summed E-state index contributed by atoms with van der Waals surface area (Å²) in [5.74, 6) is -0.641. The van der Waals surface area contributed by atoms with Gasteiger partial charge in [0.2, 0.25) is 11.8 Å². The first-order chi connectivity index (χ1) is 16.1. The van der Waals surface area contributed by atoms with Crippen LogP contribution in [0.25, 0.3) is 6.08 Å². The number of amides is 2. The highest BCUT2D eigenvalue weighted by Gasteiger charge is 2.38. The molecule has 1 aliphatic rings. The van der Waals surface area contributed by atoms with Gasteiger partial charge in [0, 0.05) is 19.0 Å². The standard InChI is InChI=1S/C26H29N5O2/c27-24(23(19-9-3-1-4-10-19)20-11-5-2-6-12-20)26(33)31-16-8-14-22(31)25(32)29-15-7-13-21-17-28-18-30-21/h1-7,9-13,17-18,22-24H,8,14-16,27H2,(H,28,30)(H,29,32)/b13-7+/t22-,24+/m0/s1. The number of hydrogen-bond donors (Lipinski definition) is 3. The number of aromatic amines is 1. The first-order valence-electron chi connectivity index (χ1n) is 11.2. The molecule has 7 heteroatoms. The first kappa shape index (κ1) is 22.5. The quantitative estimate of drug-likeness (QED) is 0.498. The van der Waals surface area contributed by atoms with Gasteiger partial charge in [-0.1, -0.05) is 66.7 Å². The molecule has 170 valence electrons. The number of carbonyl (C=O) groups is 2. The van der Waals surface area contributed by atoms with E-state index in [1.807, 2.05) is 72.8 Å². The van der Waals surface area contributed by atoms with E-state index < -0.39 is 12.1 Å². The van der Waals surface area contributed by atoms with Gasteiger partial charge in [0.25, 0.3) is 0 Å². The van der Waals surface area contributed by atoms with E-state index >= 15 is 0 Å². The summed E-state index contributed by atoms with van der Waals surface area (Å²) in [7, 11) is 0. The van der Waals surface area contributed by atoms with Crippen molar-refractivity contribution in [3.63, 3.8) is 0 Å². The largest absolute Gasteiger partial charge is 0.351 e. The van der Waals surface area contributed by atoms with Crippen molar-refractivity contribution in [2.45, 2.75) is 30.8 Å². The third-order valence-corrected chi connectivity index (χ3v) is 6.01. The van der Waals surface area contributed by atoms with Crippen LogP contribution in [0.2, 0.25) is 0 Å². The summed E-state index contributed by atoms with van der Waals surface area (Å²) in [6.07, 6.45) is 8.41. The highest BCUT2D eigenvalue weighted by atomic mass is 16.2. The zero-order chi connectivity index (χ0) is 23.0. The van der Waals surface area contributed by atoms with Crippen LogP contribution in [0.1, 0.15) is 35.6 Å². The van der Waals surface area contributed by atoms with Gasteiger partial charge >= 0.3 is 0 Å². The van der Waals surface area contributed by atoms with Gasteiger partial charge in [0.1, 0.15) is 6.04 Å². The van der Waals surface area contributed by atoms with E-state index in [0.717, 1.165) is 23.2 Å². The van der Waals surface area contributed by atoms with Crippen molar-refractivity contribution in [3.05, 3.63) is 96.1 Å². The van der Waals surface area contributed by atoms with Crippen molar-refractivity contribution in [3.8, 4) is 0 Å². The molecule has 0 radical (unpaired) electrons. The summed E-state index contributed by atoms with van der Waals surface area (Å²) in [4.78, 5) is 35.0. The third-order valence-electron chi connectivity index (χ3n) is 6.01. The Morgan fingerprint density at radius 1 is 1.12 bits per heavy atom. The van der Waals surface area contributed by atoms with Crippen LogP contribution in [0.15, 0.2) is 79.3 Å². The van der Waals surface area contributed by atoms with Gasteiger partial charge < -0.3 is 20.9 Å². The molecule has 1 aliphatic heterocycles. The van der Waals surface area contributed by atoms with Crippen molar-refractivity contribution in [2.24, 2.45) is 5.73 Å². The second kappa shape index (κ2) is 10.7. The average molecular weight is 444 g/mol. The lowest BCUT2D eigenvalue weighted by molar-refractivity contribution is -0.139. The van der Waals surface area contributed by atoms with E-state index in [4.69, 9.17) is 5.73 Å². The smallest absolute Gasteiger partial charge is 0.243 e. The maximum atomic E-state index is 13.5. The fraction of sp³-hybridized carbons (Fsp3) is 0.269. The van der Waals surface area contributed by atoms with Crippen molar-refractivity contribution in [1.29, 1.82) is 0 Å². The highest BCUT2D eigenvalue weighted by Crippen LogP contribution is 2.29. The number of aromatic nitrogens is 2. The van der Waals surface area contributed by atoms with Crippen molar-refractivity contribution in [2.75, 3.05) is 13.1 Å². The Kier molecular flexibility index (Phi) is 7.32. The molecule has 0 spiro atoms. The number of H-pyrrole nitrogens is 1. The van der Waals surface area contributed by atoms with Gasteiger partial charge in [0.15, 0.2) is 0 Å². The molecule has 4 N–H and O–H groups in total. The lowest BCUT2D eigenvalue weighted by Crippen LogP contribution is -2.53. The molecule has 0 bridgehead atoms. The molecule has 3 aromatic rings. The van der Waals surface area contributed by atoms with Crippen LogP contribution in [-0.2, 0) is 9.59 Å². The van der Waals surface area contributed by atoms with Crippen LogP contribution in [0.4, 0.5) is 0 Å². The Hall–Kier alpha value is -3.71. The van der Waals surface area contributed by atoms with Crippen molar-refractivity contribution >= 4 is 17.9 Å². The zero-order valence-corrected chi connectivity index (χ0v) is 18.4. The Bertz CT molecular complexity index is 1030. The molecule has 4 rings (SSSR count). The predicted octanol–water partition coefficient (Wildman–Crippen LogP) is 2.69. The number of hydrogen-bond acceptors (Lipinski definition) is 4. The summed E-state index contributed by atoms with van der Waals surface area (Å²) < 4.78 is 0. The lowest BCUT2D eigenvalue weighted by atomic mass is 9.84. The SMILES string of the molecule is N[C@@H](C(=O)N1CCC[C@H]1C(=O)NC/C=C/c1cnc[nH]1)C(c1ccccc1)c1ccccc1. The summed E-state index contributed by atoms with van der Waals surface area (Å²) in [5.41, 5.74) is 9.42. The molecule has 33 heavy (non-hydrogen) atoms. The van der Waals surface area contributed by atoms with Crippen LogP contribution in [0.3, 0.4) is 0 Å². The van der Waals surface area contributed by atoms with E-state index in [1.165, 1.54) is 0 Å². The molecule has 2 amide bonds. The van der Waals surface area contributed by atoms with E-state index in [0.29, 0.717) is 19.5 Å². The summed E-state index contributed by atoms with van der Waals surface area (Å²) in [6.45, 7) is 0.907. The van der Waals surface area contributed by atoms with Crippen molar-refractivity contribution < 1.29 is 9.59 Å². The second-order valence-corrected chi connectivity index (χ2v) is 8.17. The van der Waals surface area contributed by atoms with E-state index in [-0.39, 0.29) is 17.7 Å².